The molecule has 0 N–H and O–H groups in total. The number of carbonyl (C=O) groups excluding carboxylic acids is 1. The molecular formula is C27H36O3. The predicted molar refractivity (Wildman–Crippen MR) is 123 cm³/mol. The van der Waals surface area contributed by atoms with E-state index in [1.807, 2.05) is 18.2 Å². The number of rotatable bonds is 4. The van der Waals surface area contributed by atoms with Gasteiger partial charge in [0.1, 0.15) is 11.5 Å². The average molecular weight is 409 g/mol. The van der Waals surface area contributed by atoms with Crippen LogP contribution in [0.25, 0.3) is 0 Å². The zero-order valence-electron chi connectivity index (χ0n) is 19.5. The number of ether oxygens (including phenoxy) is 2. The Hall–Kier alpha value is -2.29. The molecule has 0 amide bonds. The monoisotopic (exact) mass is 408 g/mol. The van der Waals surface area contributed by atoms with Crippen LogP contribution < -0.4 is 9.47 Å². The smallest absolute Gasteiger partial charge is 0.314 e. The Bertz CT molecular complexity index is 850. The molecule has 2 aromatic carbocycles. The van der Waals surface area contributed by atoms with E-state index in [1.165, 1.54) is 5.56 Å². The molecule has 0 aliphatic heterocycles. The van der Waals surface area contributed by atoms with Crippen molar-refractivity contribution in [3.05, 3.63) is 59.2 Å². The Balaban J connectivity index is 2.01. The van der Waals surface area contributed by atoms with E-state index in [-0.39, 0.29) is 28.6 Å². The Kier molecular flexibility index (Phi) is 6.31. The third kappa shape index (κ3) is 4.71. The summed E-state index contributed by atoms with van der Waals surface area (Å²) in [5.74, 6) is 1.53. The molecule has 0 saturated heterocycles. The van der Waals surface area contributed by atoms with E-state index in [0.717, 1.165) is 36.1 Å². The number of methoxy groups -OCH3 is 1. The summed E-state index contributed by atoms with van der Waals surface area (Å²) in [6.45, 7) is 12.9. The lowest BCUT2D eigenvalue weighted by Gasteiger charge is -2.30. The van der Waals surface area contributed by atoms with Crippen molar-refractivity contribution < 1.29 is 14.3 Å². The first-order valence-corrected chi connectivity index (χ1v) is 11.0. The largest absolute Gasteiger partial charge is 0.497 e. The Morgan fingerprint density at radius 2 is 1.47 bits per heavy atom. The molecule has 30 heavy (non-hydrogen) atoms. The van der Waals surface area contributed by atoms with Gasteiger partial charge in [-0.2, -0.15) is 0 Å². The van der Waals surface area contributed by atoms with E-state index in [2.05, 4.69) is 65.8 Å². The van der Waals surface area contributed by atoms with Gasteiger partial charge in [0.15, 0.2) is 0 Å². The second-order valence-electron chi connectivity index (χ2n) is 10.5. The van der Waals surface area contributed by atoms with Crippen molar-refractivity contribution in [1.82, 2.24) is 0 Å². The first-order valence-electron chi connectivity index (χ1n) is 11.0. The summed E-state index contributed by atoms with van der Waals surface area (Å²) in [7, 11) is 1.68. The van der Waals surface area contributed by atoms with Crippen LogP contribution in [0.15, 0.2) is 42.5 Å². The molecule has 162 valence electrons. The molecule has 3 heteroatoms. The maximum Gasteiger partial charge on any atom is 0.314 e. The van der Waals surface area contributed by atoms with Crippen molar-refractivity contribution in [3.63, 3.8) is 0 Å². The van der Waals surface area contributed by atoms with Gasteiger partial charge in [0.25, 0.3) is 0 Å². The van der Waals surface area contributed by atoms with Crippen molar-refractivity contribution in [2.45, 2.75) is 77.6 Å². The highest BCUT2D eigenvalue weighted by molar-refractivity contribution is 5.78. The molecule has 0 aromatic heterocycles. The van der Waals surface area contributed by atoms with E-state index in [1.54, 1.807) is 7.11 Å². The van der Waals surface area contributed by atoms with Gasteiger partial charge in [0, 0.05) is 11.1 Å². The molecule has 3 rings (SSSR count). The molecule has 0 bridgehead atoms. The second-order valence-corrected chi connectivity index (χ2v) is 10.5. The lowest BCUT2D eigenvalue weighted by molar-refractivity contribution is -0.139. The van der Waals surface area contributed by atoms with Crippen LogP contribution in [0.5, 0.6) is 11.5 Å². The van der Waals surface area contributed by atoms with Crippen molar-refractivity contribution in [2.75, 3.05) is 7.11 Å². The standard InChI is InChI=1S/C27H36O3/c1-26(2,3)22-16-19(29-7)17-23(27(4,5)6)24(22)30-25(28)21-15-11-14-20(21)18-12-9-8-10-13-18/h8-10,12-13,16-17,20-21H,11,14-15H2,1-7H3/t20-,21-/m1/s1. The molecule has 0 radical (unpaired) electrons. The molecule has 0 spiro atoms. The van der Waals surface area contributed by atoms with Crippen LogP contribution in [0.4, 0.5) is 0 Å². The van der Waals surface area contributed by atoms with Crippen LogP contribution in [0, 0.1) is 5.92 Å². The maximum absolute atomic E-state index is 13.5. The highest BCUT2D eigenvalue weighted by Gasteiger charge is 2.37. The van der Waals surface area contributed by atoms with Gasteiger partial charge in [-0.25, -0.2) is 0 Å². The molecule has 0 unspecified atom stereocenters. The predicted octanol–water partition coefficient (Wildman–Crippen LogP) is 6.78. The lowest BCUT2D eigenvalue weighted by atomic mass is 9.79. The summed E-state index contributed by atoms with van der Waals surface area (Å²) in [6, 6.07) is 14.4. The van der Waals surface area contributed by atoms with Gasteiger partial charge < -0.3 is 9.47 Å². The Morgan fingerprint density at radius 1 is 0.900 bits per heavy atom. The summed E-state index contributed by atoms with van der Waals surface area (Å²) in [6.07, 6.45) is 2.97. The van der Waals surface area contributed by atoms with E-state index in [9.17, 15) is 4.79 Å². The lowest BCUT2D eigenvalue weighted by Crippen LogP contribution is -2.27. The summed E-state index contributed by atoms with van der Waals surface area (Å²) in [5, 5.41) is 0. The molecule has 2 atom stereocenters. The number of hydrogen-bond acceptors (Lipinski definition) is 3. The van der Waals surface area contributed by atoms with Gasteiger partial charge in [-0.1, -0.05) is 78.3 Å². The number of benzene rings is 2. The molecule has 0 heterocycles. The SMILES string of the molecule is COc1cc(C(C)(C)C)c(OC(=O)[C@@H]2CCC[C@@H]2c2ccccc2)c(C(C)(C)C)c1. The molecule has 1 aliphatic rings. The number of carbonyl (C=O) groups is 1. The van der Waals surface area contributed by atoms with Crippen LogP contribution in [-0.4, -0.2) is 13.1 Å². The highest BCUT2D eigenvalue weighted by atomic mass is 16.5. The summed E-state index contributed by atoms with van der Waals surface area (Å²) in [4.78, 5) is 13.5. The van der Waals surface area contributed by atoms with E-state index < -0.39 is 0 Å². The van der Waals surface area contributed by atoms with Crippen LogP contribution in [-0.2, 0) is 15.6 Å². The van der Waals surface area contributed by atoms with Crippen molar-refractivity contribution >= 4 is 5.97 Å². The molecule has 1 aliphatic carbocycles. The van der Waals surface area contributed by atoms with Gasteiger partial charge >= 0.3 is 5.97 Å². The molecule has 1 fully saturated rings. The van der Waals surface area contributed by atoms with Gasteiger partial charge in [-0.3, -0.25) is 4.79 Å². The normalized spacial score (nSPS) is 19.6. The fourth-order valence-electron chi connectivity index (χ4n) is 4.46. The molecule has 3 nitrogen and oxygen atoms in total. The van der Waals surface area contributed by atoms with Gasteiger partial charge in [0.05, 0.1) is 13.0 Å². The number of hydrogen-bond donors (Lipinski definition) is 0. The minimum Gasteiger partial charge on any atom is -0.497 e. The summed E-state index contributed by atoms with van der Waals surface area (Å²) >= 11 is 0. The van der Waals surface area contributed by atoms with Gasteiger partial charge in [-0.15, -0.1) is 0 Å². The highest BCUT2D eigenvalue weighted by Crippen LogP contribution is 2.45. The third-order valence-electron chi connectivity index (χ3n) is 6.16. The summed E-state index contributed by atoms with van der Waals surface area (Å²) in [5.41, 5.74) is 2.89. The summed E-state index contributed by atoms with van der Waals surface area (Å²) < 4.78 is 11.9. The van der Waals surface area contributed by atoms with E-state index >= 15 is 0 Å². The molecular weight excluding hydrogens is 372 g/mol. The van der Waals surface area contributed by atoms with Crippen molar-refractivity contribution in [1.29, 1.82) is 0 Å². The van der Waals surface area contributed by atoms with Gasteiger partial charge in [-0.05, 0) is 47.3 Å². The van der Waals surface area contributed by atoms with E-state index in [0.29, 0.717) is 5.75 Å². The minimum atomic E-state index is -0.182. The second kappa shape index (κ2) is 8.45. The Labute approximate surface area is 181 Å². The van der Waals surface area contributed by atoms with Crippen molar-refractivity contribution in [3.8, 4) is 11.5 Å². The maximum atomic E-state index is 13.5. The Morgan fingerprint density at radius 3 is 1.97 bits per heavy atom. The fourth-order valence-corrected chi connectivity index (χ4v) is 4.46. The van der Waals surface area contributed by atoms with Crippen LogP contribution in [0.2, 0.25) is 0 Å². The number of esters is 1. The van der Waals surface area contributed by atoms with Crippen LogP contribution in [0.1, 0.15) is 83.4 Å². The average Bonchev–Trinajstić information content (AvgIpc) is 3.17. The molecule has 1 saturated carbocycles. The molecule has 2 aromatic rings. The topological polar surface area (TPSA) is 35.5 Å². The third-order valence-corrected chi connectivity index (χ3v) is 6.16. The minimum absolute atomic E-state index is 0.102. The fraction of sp³-hybridized carbons (Fsp3) is 0.519. The van der Waals surface area contributed by atoms with Gasteiger partial charge in [0.2, 0.25) is 0 Å². The first kappa shape index (κ1) is 22.4. The zero-order chi connectivity index (χ0) is 22.1. The zero-order valence-corrected chi connectivity index (χ0v) is 19.5. The first-order chi connectivity index (χ1) is 14.0. The van der Waals surface area contributed by atoms with E-state index in [4.69, 9.17) is 9.47 Å². The van der Waals surface area contributed by atoms with Crippen LogP contribution >= 0.6 is 0 Å². The van der Waals surface area contributed by atoms with Crippen molar-refractivity contribution in [2.24, 2.45) is 5.92 Å². The quantitative estimate of drug-likeness (QED) is 0.413. The van der Waals surface area contributed by atoms with Crippen LogP contribution in [0.3, 0.4) is 0 Å².